The van der Waals surface area contributed by atoms with Crippen LogP contribution in [-0.4, -0.2) is 46.6 Å². The number of alkyl halides is 2. The highest BCUT2D eigenvalue weighted by Gasteiger charge is 2.30. The Morgan fingerprint density at radius 3 is 2.58 bits per heavy atom. The van der Waals surface area contributed by atoms with E-state index in [-0.39, 0.29) is 34.4 Å². The van der Waals surface area contributed by atoms with Gasteiger partial charge in [-0.05, 0) is 50.2 Å². The highest BCUT2D eigenvalue weighted by Crippen LogP contribution is 2.26. The van der Waals surface area contributed by atoms with Crippen molar-refractivity contribution in [2.24, 2.45) is 0 Å². The summed E-state index contributed by atoms with van der Waals surface area (Å²) in [4.78, 5) is 42.7. The van der Waals surface area contributed by atoms with E-state index in [2.05, 4.69) is 20.4 Å². The Balaban J connectivity index is 1.76. The lowest BCUT2D eigenvalue weighted by Crippen LogP contribution is -2.49. The molecule has 9 nitrogen and oxygen atoms in total. The highest BCUT2D eigenvalue weighted by molar-refractivity contribution is 7.99. The van der Waals surface area contributed by atoms with E-state index in [1.54, 1.807) is 38.1 Å². The van der Waals surface area contributed by atoms with Gasteiger partial charge in [0.05, 0.1) is 34.8 Å². The van der Waals surface area contributed by atoms with Crippen LogP contribution in [0.5, 0.6) is 5.75 Å². The van der Waals surface area contributed by atoms with Gasteiger partial charge in [0, 0.05) is 11.4 Å². The molecule has 0 aliphatic carbocycles. The van der Waals surface area contributed by atoms with Crippen LogP contribution in [0, 0.1) is 0 Å². The molecule has 0 saturated carbocycles. The van der Waals surface area contributed by atoms with E-state index in [0.717, 1.165) is 11.8 Å². The Kier molecular flexibility index (Phi) is 7.53. The number of rotatable bonds is 8. The number of nitrogens with one attached hydrogen (secondary N) is 2. The van der Waals surface area contributed by atoms with Gasteiger partial charge in [-0.3, -0.25) is 9.36 Å². The summed E-state index contributed by atoms with van der Waals surface area (Å²) in [5.41, 5.74) is 1.08. The summed E-state index contributed by atoms with van der Waals surface area (Å²) in [6, 6.07) is 11.3. The molecule has 0 spiro atoms. The van der Waals surface area contributed by atoms with Gasteiger partial charge >= 0.3 is 18.6 Å². The van der Waals surface area contributed by atoms with E-state index in [1.807, 2.05) is 0 Å². The number of carbonyl (C=O) groups excluding carboxylic acids is 2. The van der Waals surface area contributed by atoms with E-state index >= 15 is 0 Å². The summed E-state index contributed by atoms with van der Waals surface area (Å²) in [6.07, 6.45) is 0. The summed E-state index contributed by atoms with van der Waals surface area (Å²) in [6.45, 7) is 0.543. The van der Waals surface area contributed by atoms with Crippen LogP contribution in [-0.2, 0) is 9.53 Å². The van der Waals surface area contributed by atoms with Gasteiger partial charge in [0.1, 0.15) is 5.75 Å². The average Bonchev–Trinajstić information content (AvgIpc) is 2.83. The number of fused-ring (bicyclic) bond motifs is 1. The van der Waals surface area contributed by atoms with Crippen LogP contribution in [0.3, 0.4) is 0 Å². The second kappa shape index (κ2) is 10.8. The Bertz CT molecular complexity index is 1390. The maximum atomic E-state index is 13.4. The maximum Gasteiger partial charge on any atom is 0.387 e. The number of esters is 1. The predicted molar refractivity (Wildman–Crippen MR) is 129 cm³/mol. The number of aromatic nitrogens is 2. The zero-order valence-corrected chi connectivity index (χ0v) is 20.1. The number of ether oxygens (including phenoxy) is 2. The van der Waals surface area contributed by atoms with Crippen molar-refractivity contribution in [2.45, 2.75) is 31.7 Å². The van der Waals surface area contributed by atoms with Crippen LogP contribution < -0.4 is 20.9 Å². The summed E-state index contributed by atoms with van der Waals surface area (Å²) in [5, 5.41) is 5.92. The van der Waals surface area contributed by atoms with Crippen LogP contribution in [0.4, 0.5) is 13.6 Å². The van der Waals surface area contributed by atoms with Crippen LogP contribution in [0.15, 0.2) is 69.8 Å². The first-order chi connectivity index (χ1) is 17.3. The van der Waals surface area contributed by atoms with Crippen molar-refractivity contribution in [3.63, 3.8) is 0 Å². The Morgan fingerprint density at radius 1 is 1.17 bits per heavy atom. The van der Waals surface area contributed by atoms with E-state index in [9.17, 15) is 23.2 Å². The first-order valence-corrected chi connectivity index (χ1v) is 11.9. The number of nitrogens with zero attached hydrogens (tertiary/aromatic N) is 2. The van der Waals surface area contributed by atoms with Crippen molar-refractivity contribution < 1.29 is 27.8 Å². The molecule has 1 atom stereocenters. The van der Waals surface area contributed by atoms with E-state index in [4.69, 9.17) is 4.74 Å². The second-order valence-corrected chi connectivity index (χ2v) is 8.59. The van der Waals surface area contributed by atoms with Crippen molar-refractivity contribution in [1.82, 2.24) is 20.2 Å². The summed E-state index contributed by atoms with van der Waals surface area (Å²) in [5.74, 6) is -0.518. The Morgan fingerprint density at radius 2 is 1.89 bits per heavy atom. The third-order valence-corrected chi connectivity index (χ3v) is 6.24. The van der Waals surface area contributed by atoms with Crippen LogP contribution in [0.2, 0.25) is 0 Å². The van der Waals surface area contributed by atoms with Crippen LogP contribution >= 0.6 is 11.8 Å². The number of para-hydroxylation sites is 1. The molecule has 1 aliphatic heterocycles. The highest BCUT2D eigenvalue weighted by atomic mass is 32.2. The standard InChI is InChI=1S/C24H22F2N4O5S/c1-3-34-21(32)19-13(2)27-23(33)28-18(19)12-36-24-29-17-7-5-4-6-16(17)20(31)30(24)14-8-10-15(11-9-14)35-22(25)26/h4-11,13,22H,3,12H2,1-2H3,(H2,27,28,33)/t13-/m1/s1. The molecule has 12 heteroatoms. The molecule has 188 valence electrons. The van der Waals surface area contributed by atoms with Gasteiger partial charge in [0.2, 0.25) is 0 Å². The largest absolute Gasteiger partial charge is 0.463 e. The molecule has 4 rings (SSSR count). The van der Waals surface area contributed by atoms with Crippen molar-refractivity contribution in [2.75, 3.05) is 12.4 Å². The number of urea groups is 1. The Labute approximate surface area is 208 Å². The van der Waals surface area contributed by atoms with Crippen molar-refractivity contribution in [3.8, 4) is 11.4 Å². The first kappa shape index (κ1) is 25.2. The smallest absolute Gasteiger partial charge is 0.387 e. The second-order valence-electron chi connectivity index (χ2n) is 7.65. The fraction of sp³-hybridized carbons (Fsp3) is 0.250. The molecular formula is C24H22F2N4O5S. The van der Waals surface area contributed by atoms with Crippen LogP contribution in [0.25, 0.3) is 16.6 Å². The van der Waals surface area contributed by atoms with Gasteiger partial charge in [-0.2, -0.15) is 8.78 Å². The minimum absolute atomic E-state index is 0.0552. The number of carbonyl (C=O) groups is 2. The van der Waals surface area contributed by atoms with Gasteiger partial charge < -0.3 is 20.1 Å². The normalized spacial score (nSPS) is 15.6. The first-order valence-electron chi connectivity index (χ1n) is 11.0. The number of halogens is 2. The minimum Gasteiger partial charge on any atom is -0.463 e. The molecule has 2 aromatic carbocycles. The van der Waals surface area contributed by atoms with Gasteiger partial charge in [0.25, 0.3) is 5.56 Å². The summed E-state index contributed by atoms with van der Waals surface area (Å²) >= 11 is 1.13. The molecule has 3 aromatic rings. The molecule has 0 bridgehead atoms. The molecule has 36 heavy (non-hydrogen) atoms. The molecule has 2 amide bonds. The summed E-state index contributed by atoms with van der Waals surface area (Å²) in [7, 11) is 0. The molecular weight excluding hydrogens is 494 g/mol. The van der Waals surface area contributed by atoms with E-state index in [1.165, 1.54) is 28.8 Å². The third-order valence-electron chi connectivity index (χ3n) is 5.28. The molecule has 1 aliphatic rings. The molecule has 2 N–H and O–H groups in total. The lowest BCUT2D eigenvalue weighted by Gasteiger charge is -2.26. The predicted octanol–water partition coefficient (Wildman–Crippen LogP) is 3.60. The van der Waals surface area contributed by atoms with E-state index in [0.29, 0.717) is 22.3 Å². The lowest BCUT2D eigenvalue weighted by molar-refractivity contribution is -0.138. The van der Waals surface area contributed by atoms with Crippen LogP contribution in [0.1, 0.15) is 13.8 Å². The lowest BCUT2D eigenvalue weighted by atomic mass is 10.1. The quantitative estimate of drug-likeness (QED) is 0.267. The average molecular weight is 517 g/mol. The maximum absolute atomic E-state index is 13.4. The molecule has 0 fully saturated rings. The van der Waals surface area contributed by atoms with Gasteiger partial charge in [0.15, 0.2) is 5.16 Å². The SMILES string of the molecule is CCOC(=O)C1=C(CSc2nc3ccccc3c(=O)n2-c2ccc(OC(F)F)cc2)NC(=O)N[C@@H]1C. The van der Waals surface area contributed by atoms with E-state index < -0.39 is 24.7 Å². The fourth-order valence-corrected chi connectivity index (χ4v) is 4.72. The number of hydrogen-bond donors (Lipinski definition) is 2. The van der Waals surface area contributed by atoms with Crippen molar-refractivity contribution in [3.05, 3.63) is 70.2 Å². The third kappa shape index (κ3) is 5.33. The number of benzene rings is 2. The topological polar surface area (TPSA) is 112 Å². The van der Waals surface area contributed by atoms with Crippen molar-refractivity contribution in [1.29, 1.82) is 0 Å². The van der Waals surface area contributed by atoms with Crippen molar-refractivity contribution >= 4 is 34.7 Å². The zero-order chi connectivity index (χ0) is 25.8. The Hall–Kier alpha value is -3.93. The molecule has 0 radical (unpaired) electrons. The molecule has 1 aromatic heterocycles. The molecule has 2 heterocycles. The van der Waals surface area contributed by atoms with Gasteiger partial charge in [-0.15, -0.1) is 0 Å². The van der Waals surface area contributed by atoms with Gasteiger partial charge in [-0.1, -0.05) is 23.9 Å². The number of hydrogen-bond acceptors (Lipinski definition) is 7. The monoisotopic (exact) mass is 516 g/mol. The van der Waals surface area contributed by atoms with Gasteiger partial charge in [-0.25, -0.2) is 14.6 Å². The fourth-order valence-electron chi connectivity index (χ4n) is 3.74. The molecule has 0 saturated heterocycles. The number of thioether (sulfide) groups is 1. The zero-order valence-electron chi connectivity index (χ0n) is 19.3. The number of amides is 2. The molecule has 0 unspecified atom stereocenters. The summed E-state index contributed by atoms with van der Waals surface area (Å²) < 4.78 is 36.0. The minimum atomic E-state index is -2.98.